The number of rotatable bonds is 3. The van der Waals surface area contributed by atoms with Gasteiger partial charge in [-0.2, -0.15) is 0 Å². The molecule has 1 aromatic heterocycles. The Balaban J connectivity index is 1.91. The van der Waals surface area contributed by atoms with Crippen LogP contribution in [-0.2, 0) is 9.53 Å². The molecule has 0 unspecified atom stereocenters. The molecule has 0 radical (unpaired) electrons. The summed E-state index contributed by atoms with van der Waals surface area (Å²) in [6.45, 7) is 2.65. The molecule has 1 saturated heterocycles. The lowest BCUT2D eigenvalue weighted by molar-refractivity contribution is -0.130. The molecule has 1 aromatic rings. The molecular weight excluding hydrogens is 246 g/mol. The maximum absolute atomic E-state index is 11.8. The number of halogens is 1. The van der Waals surface area contributed by atoms with E-state index in [0.717, 1.165) is 22.1 Å². The van der Waals surface area contributed by atoms with Gasteiger partial charge in [0.15, 0.2) is 0 Å². The van der Waals surface area contributed by atoms with Crippen molar-refractivity contribution >= 4 is 28.8 Å². The minimum Gasteiger partial charge on any atom is -0.368 e. The standard InChI is InChI=1S/C11H14ClNO2S/c1-7(9-4-5-10(12)16-9)13-11(14)8-3-2-6-15-8/h4-5,7-8H,2-3,6H2,1H3,(H,13,14)/t7-,8-/m0/s1. The topological polar surface area (TPSA) is 38.3 Å². The van der Waals surface area contributed by atoms with E-state index in [2.05, 4.69) is 5.32 Å². The zero-order valence-electron chi connectivity index (χ0n) is 9.03. The van der Waals surface area contributed by atoms with Gasteiger partial charge in [0.25, 0.3) is 0 Å². The molecule has 1 aliphatic heterocycles. The van der Waals surface area contributed by atoms with E-state index in [0.29, 0.717) is 6.61 Å². The highest BCUT2D eigenvalue weighted by molar-refractivity contribution is 7.16. The van der Waals surface area contributed by atoms with Crippen molar-refractivity contribution in [3.05, 3.63) is 21.3 Å². The molecule has 3 nitrogen and oxygen atoms in total. The fraction of sp³-hybridized carbons (Fsp3) is 0.545. The smallest absolute Gasteiger partial charge is 0.249 e. The Kier molecular flexibility index (Phi) is 3.84. The van der Waals surface area contributed by atoms with E-state index in [-0.39, 0.29) is 18.1 Å². The van der Waals surface area contributed by atoms with E-state index in [9.17, 15) is 4.79 Å². The first-order chi connectivity index (χ1) is 7.66. The molecule has 5 heteroatoms. The van der Waals surface area contributed by atoms with Crippen molar-refractivity contribution < 1.29 is 9.53 Å². The van der Waals surface area contributed by atoms with Crippen molar-refractivity contribution in [2.75, 3.05) is 6.61 Å². The van der Waals surface area contributed by atoms with Crippen LogP contribution in [0.5, 0.6) is 0 Å². The van der Waals surface area contributed by atoms with Gasteiger partial charge in [0, 0.05) is 11.5 Å². The Morgan fingerprint density at radius 1 is 1.69 bits per heavy atom. The number of nitrogens with one attached hydrogen (secondary N) is 1. The molecule has 1 amide bonds. The van der Waals surface area contributed by atoms with Gasteiger partial charge < -0.3 is 10.1 Å². The van der Waals surface area contributed by atoms with Gasteiger partial charge in [-0.05, 0) is 31.9 Å². The summed E-state index contributed by atoms with van der Waals surface area (Å²) in [6.07, 6.45) is 1.53. The van der Waals surface area contributed by atoms with E-state index in [1.54, 1.807) is 0 Å². The van der Waals surface area contributed by atoms with Crippen LogP contribution in [0.4, 0.5) is 0 Å². The molecule has 88 valence electrons. The minimum atomic E-state index is -0.266. The highest BCUT2D eigenvalue weighted by atomic mass is 35.5. The SMILES string of the molecule is C[C@H](NC(=O)[C@@H]1CCCO1)c1ccc(Cl)s1. The summed E-state index contributed by atoms with van der Waals surface area (Å²) >= 11 is 7.34. The maximum atomic E-state index is 11.8. The number of carbonyl (C=O) groups is 1. The third-order valence-corrected chi connectivity index (χ3v) is 4.02. The van der Waals surface area contributed by atoms with E-state index in [4.69, 9.17) is 16.3 Å². The van der Waals surface area contributed by atoms with Crippen LogP contribution in [0, 0.1) is 0 Å². The Labute approximate surface area is 104 Å². The van der Waals surface area contributed by atoms with Crippen molar-refractivity contribution in [1.29, 1.82) is 0 Å². The second kappa shape index (κ2) is 5.17. The number of amides is 1. The zero-order chi connectivity index (χ0) is 11.5. The second-order valence-corrected chi connectivity index (χ2v) is 5.62. The fourth-order valence-electron chi connectivity index (χ4n) is 1.72. The summed E-state index contributed by atoms with van der Waals surface area (Å²) in [7, 11) is 0. The molecule has 0 aromatic carbocycles. The highest BCUT2D eigenvalue weighted by Gasteiger charge is 2.25. The van der Waals surface area contributed by atoms with Crippen molar-refractivity contribution in [3.63, 3.8) is 0 Å². The molecule has 16 heavy (non-hydrogen) atoms. The van der Waals surface area contributed by atoms with Crippen LogP contribution in [0.15, 0.2) is 12.1 Å². The Morgan fingerprint density at radius 3 is 3.06 bits per heavy atom. The predicted molar refractivity (Wildman–Crippen MR) is 64.9 cm³/mol. The van der Waals surface area contributed by atoms with Crippen LogP contribution < -0.4 is 5.32 Å². The highest BCUT2D eigenvalue weighted by Crippen LogP contribution is 2.27. The molecule has 1 N–H and O–H groups in total. The molecular formula is C11H14ClNO2S. The van der Waals surface area contributed by atoms with Gasteiger partial charge in [0.2, 0.25) is 5.91 Å². The summed E-state index contributed by atoms with van der Waals surface area (Å²) in [5.74, 6) is -0.0190. The van der Waals surface area contributed by atoms with Crippen molar-refractivity contribution in [2.24, 2.45) is 0 Å². The molecule has 2 rings (SSSR count). The number of carbonyl (C=O) groups excluding carboxylic acids is 1. The number of hydrogen-bond donors (Lipinski definition) is 1. The van der Waals surface area contributed by atoms with Gasteiger partial charge in [0.1, 0.15) is 6.10 Å². The van der Waals surface area contributed by atoms with E-state index in [1.807, 2.05) is 19.1 Å². The second-order valence-electron chi connectivity index (χ2n) is 3.87. The van der Waals surface area contributed by atoms with Crippen LogP contribution in [0.3, 0.4) is 0 Å². The zero-order valence-corrected chi connectivity index (χ0v) is 10.6. The molecule has 1 fully saturated rings. The van der Waals surface area contributed by atoms with Crippen LogP contribution in [0.2, 0.25) is 4.34 Å². The first-order valence-electron chi connectivity index (χ1n) is 5.34. The molecule has 0 spiro atoms. The van der Waals surface area contributed by atoms with Crippen LogP contribution in [0.1, 0.15) is 30.7 Å². The first-order valence-corrected chi connectivity index (χ1v) is 6.53. The maximum Gasteiger partial charge on any atom is 0.249 e. The molecule has 2 atom stereocenters. The summed E-state index contributed by atoms with van der Waals surface area (Å²) in [4.78, 5) is 12.8. The molecule has 2 heterocycles. The van der Waals surface area contributed by atoms with Gasteiger partial charge in [-0.1, -0.05) is 11.6 Å². The Morgan fingerprint density at radius 2 is 2.50 bits per heavy atom. The van der Waals surface area contributed by atoms with E-state index >= 15 is 0 Å². The quantitative estimate of drug-likeness (QED) is 0.907. The van der Waals surface area contributed by atoms with Crippen LogP contribution >= 0.6 is 22.9 Å². The van der Waals surface area contributed by atoms with Gasteiger partial charge in [-0.15, -0.1) is 11.3 Å². The van der Waals surface area contributed by atoms with Gasteiger partial charge in [-0.3, -0.25) is 4.79 Å². The number of ether oxygens (including phenoxy) is 1. The average molecular weight is 260 g/mol. The third-order valence-electron chi connectivity index (χ3n) is 2.60. The Bertz CT molecular complexity index is 374. The summed E-state index contributed by atoms with van der Waals surface area (Å²) in [5, 5.41) is 2.94. The largest absolute Gasteiger partial charge is 0.368 e. The Hall–Kier alpha value is -0.580. The summed E-state index contributed by atoms with van der Waals surface area (Å²) < 4.78 is 6.07. The summed E-state index contributed by atoms with van der Waals surface area (Å²) in [5.41, 5.74) is 0. The number of hydrogen-bond acceptors (Lipinski definition) is 3. The molecule has 0 bridgehead atoms. The van der Waals surface area contributed by atoms with Crippen molar-refractivity contribution in [2.45, 2.75) is 31.9 Å². The lowest BCUT2D eigenvalue weighted by atomic mass is 10.2. The van der Waals surface area contributed by atoms with Crippen LogP contribution in [0.25, 0.3) is 0 Å². The van der Waals surface area contributed by atoms with Gasteiger partial charge >= 0.3 is 0 Å². The summed E-state index contributed by atoms with van der Waals surface area (Å²) in [6, 6.07) is 3.78. The first kappa shape index (κ1) is 11.9. The monoisotopic (exact) mass is 259 g/mol. The van der Waals surface area contributed by atoms with Crippen molar-refractivity contribution in [3.8, 4) is 0 Å². The van der Waals surface area contributed by atoms with Crippen LogP contribution in [-0.4, -0.2) is 18.6 Å². The normalized spacial score (nSPS) is 22.0. The number of thiophene rings is 1. The lowest BCUT2D eigenvalue weighted by Crippen LogP contribution is -2.35. The minimum absolute atomic E-state index is 0.00537. The molecule has 0 saturated carbocycles. The lowest BCUT2D eigenvalue weighted by Gasteiger charge is -2.15. The van der Waals surface area contributed by atoms with Gasteiger partial charge in [0.05, 0.1) is 10.4 Å². The van der Waals surface area contributed by atoms with E-state index < -0.39 is 0 Å². The van der Waals surface area contributed by atoms with Gasteiger partial charge in [-0.25, -0.2) is 0 Å². The molecule has 1 aliphatic rings. The predicted octanol–water partition coefficient (Wildman–Crippen LogP) is 2.76. The average Bonchev–Trinajstić information content (AvgIpc) is 2.87. The van der Waals surface area contributed by atoms with E-state index in [1.165, 1.54) is 11.3 Å². The fourth-order valence-corrected chi connectivity index (χ4v) is 2.79. The third kappa shape index (κ3) is 2.75. The van der Waals surface area contributed by atoms with Crippen molar-refractivity contribution in [1.82, 2.24) is 5.32 Å². The molecule has 0 aliphatic carbocycles.